The Labute approximate surface area is 180 Å². The fourth-order valence-corrected chi connectivity index (χ4v) is 3.70. The van der Waals surface area contributed by atoms with Crippen LogP contribution in [-0.4, -0.2) is 36.4 Å². The van der Waals surface area contributed by atoms with Gasteiger partial charge in [-0.2, -0.15) is 8.78 Å². The summed E-state index contributed by atoms with van der Waals surface area (Å²) in [7, 11) is 1.84. The molecule has 2 aromatic rings. The lowest BCUT2D eigenvalue weighted by Crippen LogP contribution is -2.38. The van der Waals surface area contributed by atoms with Gasteiger partial charge < -0.3 is 15.0 Å². The number of rotatable bonds is 7. The van der Waals surface area contributed by atoms with Crippen molar-refractivity contribution in [1.29, 1.82) is 0 Å². The van der Waals surface area contributed by atoms with Crippen molar-refractivity contribution in [3.05, 3.63) is 65.7 Å². The molecule has 1 saturated carbocycles. The van der Waals surface area contributed by atoms with Crippen molar-refractivity contribution < 1.29 is 23.1 Å². The molecule has 0 atom stereocenters. The Bertz CT molecular complexity index is 923. The summed E-state index contributed by atoms with van der Waals surface area (Å²) in [5.41, 5.74) is 1.47. The molecule has 1 aliphatic rings. The summed E-state index contributed by atoms with van der Waals surface area (Å²) < 4.78 is 29.4. The van der Waals surface area contributed by atoms with E-state index in [4.69, 9.17) is 0 Å². The Morgan fingerprint density at radius 1 is 1.06 bits per heavy atom. The summed E-state index contributed by atoms with van der Waals surface area (Å²) in [5, 5.41) is 2.69. The third-order valence-corrected chi connectivity index (χ3v) is 5.39. The fraction of sp³-hybridized carbons (Fsp3) is 0.333. The Morgan fingerprint density at radius 2 is 1.74 bits per heavy atom. The molecule has 164 valence electrons. The van der Waals surface area contributed by atoms with Gasteiger partial charge in [0.1, 0.15) is 5.75 Å². The topological polar surface area (TPSA) is 58.6 Å². The number of benzene rings is 2. The first-order valence-electron chi connectivity index (χ1n) is 10.3. The molecule has 31 heavy (non-hydrogen) atoms. The second-order valence-corrected chi connectivity index (χ2v) is 7.52. The van der Waals surface area contributed by atoms with Crippen LogP contribution < -0.4 is 10.1 Å². The normalized spacial score (nSPS) is 14.6. The Balaban J connectivity index is 1.59. The number of halogens is 2. The monoisotopic (exact) mass is 428 g/mol. The van der Waals surface area contributed by atoms with Crippen molar-refractivity contribution in [3.8, 4) is 5.75 Å². The molecule has 1 N–H and O–H groups in total. The zero-order valence-electron chi connectivity index (χ0n) is 17.4. The molecule has 0 radical (unpaired) electrons. The van der Waals surface area contributed by atoms with Crippen LogP contribution in [0.3, 0.4) is 0 Å². The Hall–Kier alpha value is -3.22. The minimum absolute atomic E-state index is 0.00787. The number of carbonyl (C=O) groups excluding carboxylic acids is 2. The Kier molecular flexibility index (Phi) is 7.76. The highest BCUT2D eigenvalue weighted by Gasteiger charge is 2.22. The highest BCUT2D eigenvalue weighted by Crippen LogP contribution is 2.24. The van der Waals surface area contributed by atoms with Crippen LogP contribution in [-0.2, 0) is 4.79 Å². The van der Waals surface area contributed by atoms with Crippen LogP contribution in [0, 0.1) is 0 Å². The lowest BCUT2D eigenvalue weighted by Gasteiger charge is -2.31. The lowest BCUT2D eigenvalue weighted by atomic mass is 9.94. The number of carbonyl (C=O) groups is 2. The van der Waals surface area contributed by atoms with Gasteiger partial charge in [0.25, 0.3) is 5.91 Å². The number of para-hydroxylation sites is 1. The lowest BCUT2D eigenvalue weighted by molar-refractivity contribution is -0.111. The highest BCUT2D eigenvalue weighted by atomic mass is 19.3. The molecule has 0 heterocycles. The van der Waals surface area contributed by atoms with Crippen molar-refractivity contribution in [2.45, 2.75) is 44.8 Å². The second-order valence-electron chi connectivity index (χ2n) is 7.52. The molecule has 2 aromatic carbocycles. The predicted octanol–water partition coefficient (Wildman–Crippen LogP) is 5.34. The fourth-order valence-electron chi connectivity index (χ4n) is 3.70. The van der Waals surface area contributed by atoms with Gasteiger partial charge in [-0.05, 0) is 49.2 Å². The zero-order valence-corrected chi connectivity index (χ0v) is 17.4. The van der Waals surface area contributed by atoms with Gasteiger partial charge in [0.05, 0.1) is 0 Å². The van der Waals surface area contributed by atoms with Crippen molar-refractivity contribution in [2.24, 2.45) is 0 Å². The molecule has 1 fully saturated rings. The molecular formula is C24H26F2N2O3. The summed E-state index contributed by atoms with van der Waals surface area (Å²) in [4.78, 5) is 26.7. The van der Waals surface area contributed by atoms with E-state index in [0.717, 1.165) is 25.7 Å². The van der Waals surface area contributed by atoms with E-state index in [-0.39, 0.29) is 17.7 Å². The maximum absolute atomic E-state index is 12.7. The van der Waals surface area contributed by atoms with Crippen molar-refractivity contribution in [2.75, 3.05) is 12.4 Å². The molecule has 3 rings (SSSR count). The summed E-state index contributed by atoms with van der Waals surface area (Å²) >= 11 is 0. The van der Waals surface area contributed by atoms with Crippen LogP contribution in [0.5, 0.6) is 5.75 Å². The number of hydrogen-bond donors (Lipinski definition) is 1. The van der Waals surface area contributed by atoms with E-state index in [1.54, 1.807) is 42.5 Å². The van der Waals surface area contributed by atoms with Crippen LogP contribution in [0.4, 0.5) is 14.5 Å². The van der Waals surface area contributed by atoms with Crippen LogP contribution in [0.25, 0.3) is 6.08 Å². The first-order chi connectivity index (χ1) is 14.9. The van der Waals surface area contributed by atoms with Gasteiger partial charge in [0.2, 0.25) is 5.91 Å². The van der Waals surface area contributed by atoms with Crippen molar-refractivity contribution in [3.63, 3.8) is 0 Å². The summed E-state index contributed by atoms with van der Waals surface area (Å²) in [6.45, 7) is -2.94. The van der Waals surface area contributed by atoms with Gasteiger partial charge in [0.15, 0.2) is 0 Å². The molecule has 0 unspecified atom stereocenters. The average Bonchev–Trinajstić information content (AvgIpc) is 2.78. The number of nitrogens with one attached hydrogen (secondary N) is 1. The van der Waals surface area contributed by atoms with Gasteiger partial charge >= 0.3 is 6.61 Å². The number of nitrogens with zero attached hydrogens (tertiary/aromatic N) is 1. The van der Waals surface area contributed by atoms with E-state index in [9.17, 15) is 18.4 Å². The molecule has 1 aliphatic carbocycles. The molecule has 2 amide bonds. The Morgan fingerprint density at radius 3 is 2.42 bits per heavy atom. The van der Waals surface area contributed by atoms with Gasteiger partial charge in [-0.15, -0.1) is 0 Å². The molecule has 7 heteroatoms. The van der Waals surface area contributed by atoms with E-state index in [2.05, 4.69) is 10.1 Å². The van der Waals surface area contributed by atoms with E-state index in [0.29, 0.717) is 16.8 Å². The number of amides is 2. The SMILES string of the molecule is CN(C(=O)c1ccc(NC(=O)C=Cc2ccccc2OC(F)F)cc1)C1CCCCC1. The molecular weight excluding hydrogens is 402 g/mol. The summed E-state index contributed by atoms with van der Waals surface area (Å²) in [6.07, 6.45) is 8.25. The van der Waals surface area contributed by atoms with Crippen LogP contribution >= 0.6 is 0 Å². The smallest absolute Gasteiger partial charge is 0.387 e. The highest BCUT2D eigenvalue weighted by molar-refractivity contribution is 6.02. The van der Waals surface area contributed by atoms with E-state index >= 15 is 0 Å². The second kappa shape index (κ2) is 10.7. The number of ether oxygens (including phenoxy) is 1. The van der Waals surface area contributed by atoms with Crippen LogP contribution in [0.2, 0.25) is 0 Å². The first kappa shape index (κ1) is 22.5. The minimum Gasteiger partial charge on any atom is -0.434 e. The molecule has 0 bridgehead atoms. The third kappa shape index (κ3) is 6.38. The average molecular weight is 428 g/mol. The third-order valence-electron chi connectivity index (χ3n) is 5.39. The van der Waals surface area contributed by atoms with E-state index < -0.39 is 12.5 Å². The minimum atomic E-state index is -2.94. The van der Waals surface area contributed by atoms with Gasteiger partial charge in [-0.3, -0.25) is 9.59 Å². The zero-order chi connectivity index (χ0) is 22.2. The van der Waals surface area contributed by atoms with E-state index in [1.807, 2.05) is 11.9 Å². The predicted molar refractivity (Wildman–Crippen MR) is 116 cm³/mol. The van der Waals surface area contributed by atoms with Crippen molar-refractivity contribution in [1.82, 2.24) is 4.90 Å². The molecule has 0 aliphatic heterocycles. The van der Waals surface area contributed by atoms with Gasteiger partial charge in [-0.25, -0.2) is 0 Å². The van der Waals surface area contributed by atoms with Crippen LogP contribution in [0.1, 0.15) is 48.0 Å². The van der Waals surface area contributed by atoms with E-state index in [1.165, 1.54) is 24.6 Å². The molecule has 0 spiro atoms. The van der Waals surface area contributed by atoms with Crippen molar-refractivity contribution >= 4 is 23.6 Å². The maximum Gasteiger partial charge on any atom is 0.387 e. The number of anilines is 1. The maximum atomic E-state index is 12.7. The molecule has 5 nitrogen and oxygen atoms in total. The van der Waals surface area contributed by atoms with Gasteiger partial charge in [-0.1, -0.05) is 37.5 Å². The standard InChI is InChI=1S/C24H26F2N2O3/c1-28(20-8-3-2-4-9-20)23(30)18-11-14-19(15-12-18)27-22(29)16-13-17-7-5-6-10-21(17)31-24(25)26/h5-7,10-16,20,24H,2-4,8-9H2,1H3,(H,27,29). The van der Waals surface area contributed by atoms with Gasteiger partial charge in [0, 0.05) is 36.0 Å². The molecule has 0 aromatic heterocycles. The largest absolute Gasteiger partial charge is 0.434 e. The number of hydrogen-bond acceptors (Lipinski definition) is 3. The summed E-state index contributed by atoms with van der Waals surface area (Å²) in [6, 6.07) is 13.2. The summed E-state index contributed by atoms with van der Waals surface area (Å²) in [5.74, 6) is -0.461. The quantitative estimate of drug-likeness (QED) is 0.605. The first-order valence-corrected chi connectivity index (χ1v) is 10.3. The van der Waals surface area contributed by atoms with Crippen LogP contribution in [0.15, 0.2) is 54.6 Å². The molecule has 0 saturated heterocycles. The number of alkyl halides is 2.